The molecule has 0 saturated carbocycles. The summed E-state index contributed by atoms with van der Waals surface area (Å²) >= 11 is 3.17. The van der Waals surface area contributed by atoms with Crippen LogP contribution in [0.5, 0.6) is 0 Å². The van der Waals surface area contributed by atoms with Crippen molar-refractivity contribution in [2.45, 2.75) is 5.75 Å². The first-order valence-corrected chi connectivity index (χ1v) is 8.62. The number of thiophene rings is 1. The van der Waals surface area contributed by atoms with Gasteiger partial charge in [0.1, 0.15) is 0 Å². The molecule has 4 heteroatoms. The van der Waals surface area contributed by atoms with Crippen LogP contribution in [0.15, 0.2) is 53.9 Å². The Morgan fingerprint density at radius 2 is 2.00 bits per heavy atom. The van der Waals surface area contributed by atoms with Crippen molar-refractivity contribution >= 4 is 39.2 Å². The summed E-state index contributed by atoms with van der Waals surface area (Å²) < 4.78 is 1.29. The molecule has 0 aliphatic heterocycles. The summed E-state index contributed by atoms with van der Waals surface area (Å²) in [6.45, 7) is 0. The molecule has 0 aliphatic rings. The van der Waals surface area contributed by atoms with Crippen LogP contribution in [0.1, 0.15) is 5.56 Å². The number of carboxylic acid groups (broad SMARTS) is 1. The van der Waals surface area contributed by atoms with Gasteiger partial charge in [-0.1, -0.05) is 30.3 Å². The van der Waals surface area contributed by atoms with Crippen LogP contribution < -0.4 is 0 Å². The molecule has 0 saturated heterocycles. The molecule has 3 rings (SSSR count). The van der Waals surface area contributed by atoms with Gasteiger partial charge in [0, 0.05) is 10.5 Å². The summed E-state index contributed by atoms with van der Waals surface area (Å²) in [7, 11) is 0. The zero-order valence-electron chi connectivity index (χ0n) is 11.3. The highest BCUT2D eigenvalue weighted by atomic mass is 32.2. The lowest BCUT2D eigenvalue weighted by molar-refractivity contribution is -0.133. The largest absolute Gasteiger partial charge is 0.481 e. The van der Waals surface area contributed by atoms with Gasteiger partial charge < -0.3 is 5.11 Å². The van der Waals surface area contributed by atoms with Crippen molar-refractivity contribution in [1.29, 1.82) is 0 Å². The lowest BCUT2D eigenvalue weighted by atomic mass is 10.00. The van der Waals surface area contributed by atoms with E-state index in [0.29, 0.717) is 5.75 Å². The third-order valence-electron chi connectivity index (χ3n) is 3.26. The maximum atomic E-state index is 10.6. The number of thioether (sulfide) groups is 1. The maximum Gasteiger partial charge on any atom is 0.313 e. The monoisotopic (exact) mass is 314 g/mol. The van der Waals surface area contributed by atoms with Gasteiger partial charge in [-0.25, -0.2) is 0 Å². The van der Waals surface area contributed by atoms with Crippen LogP contribution in [0.2, 0.25) is 0 Å². The maximum absolute atomic E-state index is 10.6. The molecular formula is C17H14O2S2. The molecule has 0 spiro atoms. The molecule has 0 fully saturated rings. The number of carboxylic acids is 1. The normalized spacial score (nSPS) is 10.9. The first-order chi connectivity index (χ1) is 10.2. The second-order valence-electron chi connectivity index (χ2n) is 4.72. The Labute approximate surface area is 131 Å². The Kier molecular flexibility index (Phi) is 4.27. The van der Waals surface area contributed by atoms with E-state index in [4.69, 9.17) is 5.11 Å². The zero-order chi connectivity index (χ0) is 14.7. The van der Waals surface area contributed by atoms with Gasteiger partial charge in [-0.3, -0.25) is 4.79 Å². The fraction of sp³-hybridized carbons (Fsp3) is 0.118. The first kappa shape index (κ1) is 14.2. The highest BCUT2D eigenvalue weighted by Crippen LogP contribution is 2.31. The zero-order valence-corrected chi connectivity index (χ0v) is 12.9. The van der Waals surface area contributed by atoms with Crippen molar-refractivity contribution in [1.82, 2.24) is 0 Å². The predicted molar refractivity (Wildman–Crippen MR) is 91.1 cm³/mol. The van der Waals surface area contributed by atoms with Crippen LogP contribution in [0.25, 0.3) is 21.2 Å². The van der Waals surface area contributed by atoms with Gasteiger partial charge in [0.2, 0.25) is 0 Å². The van der Waals surface area contributed by atoms with E-state index in [-0.39, 0.29) is 5.75 Å². The van der Waals surface area contributed by atoms with Gasteiger partial charge in [-0.05, 0) is 45.7 Å². The standard InChI is InChI=1S/C17H14O2S2/c18-17(19)11-20-10-14-3-1-2-4-15(14)12-5-6-16-13(9-12)7-8-21-16/h1-9H,10-11H2,(H,18,19). The van der Waals surface area contributed by atoms with Crippen LogP contribution in [-0.4, -0.2) is 16.8 Å². The van der Waals surface area contributed by atoms with E-state index in [2.05, 4.69) is 41.8 Å². The molecule has 1 heterocycles. The van der Waals surface area contributed by atoms with Gasteiger partial charge in [0.05, 0.1) is 5.75 Å². The van der Waals surface area contributed by atoms with Crippen molar-refractivity contribution < 1.29 is 9.90 Å². The molecule has 1 aromatic heterocycles. The minimum absolute atomic E-state index is 0.137. The van der Waals surface area contributed by atoms with Crippen molar-refractivity contribution in [3.63, 3.8) is 0 Å². The second-order valence-corrected chi connectivity index (χ2v) is 6.65. The summed E-state index contributed by atoms with van der Waals surface area (Å²) in [4.78, 5) is 10.6. The number of hydrogen-bond acceptors (Lipinski definition) is 3. The molecular weight excluding hydrogens is 300 g/mol. The topological polar surface area (TPSA) is 37.3 Å². The molecule has 0 atom stereocenters. The Morgan fingerprint density at radius 1 is 1.14 bits per heavy atom. The molecule has 106 valence electrons. The number of benzene rings is 2. The van der Waals surface area contributed by atoms with Crippen LogP contribution >= 0.6 is 23.1 Å². The van der Waals surface area contributed by atoms with E-state index < -0.39 is 5.97 Å². The molecule has 2 nitrogen and oxygen atoms in total. The number of aliphatic carboxylic acids is 1. The fourth-order valence-electron chi connectivity index (χ4n) is 2.31. The minimum Gasteiger partial charge on any atom is -0.481 e. The number of hydrogen-bond donors (Lipinski definition) is 1. The lowest BCUT2D eigenvalue weighted by Crippen LogP contribution is -1.98. The van der Waals surface area contributed by atoms with Crippen molar-refractivity contribution in [3.05, 3.63) is 59.5 Å². The van der Waals surface area contributed by atoms with Gasteiger partial charge >= 0.3 is 5.97 Å². The number of rotatable bonds is 5. The van der Waals surface area contributed by atoms with Gasteiger partial charge in [0.25, 0.3) is 0 Å². The molecule has 0 aliphatic carbocycles. The molecule has 1 N–H and O–H groups in total. The molecule has 3 aromatic rings. The first-order valence-electron chi connectivity index (χ1n) is 6.59. The summed E-state index contributed by atoms with van der Waals surface area (Å²) in [5.41, 5.74) is 3.55. The van der Waals surface area contributed by atoms with Crippen LogP contribution in [0.4, 0.5) is 0 Å². The third-order valence-corrected chi connectivity index (χ3v) is 5.13. The SMILES string of the molecule is O=C(O)CSCc1ccccc1-c1ccc2sccc2c1. The van der Waals surface area contributed by atoms with Gasteiger partial charge in [0.15, 0.2) is 0 Å². The van der Waals surface area contributed by atoms with E-state index in [1.807, 2.05) is 12.1 Å². The van der Waals surface area contributed by atoms with Crippen molar-refractivity contribution in [2.24, 2.45) is 0 Å². The Bertz CT molecular complexity index is 777. The Balaban J connectivity index is 1.91. The van der Waals surface area contributed by atoms with E-state index in [9.17, 15) is 4.79 Å². The molecule has 0 unspecified atom stereocenters. The van der Waals surface area contributed by atoms with E-state index >= 15 is 0 Å². The quantitative estimate of drug-likeness (QED) is 0.729. The van der Waals surface area contributed by atoms with Crippen LogP contribution in [0.3, 0.4) is 0 Å². The average Bonchev–Trinajstić information content (AvgIpc) is 2.95. The number of fused-ring (bicyclic) bond motifs is 1. The smallest absolute Gasteiger partial charge is 0.313 e. The number of carbonyl (C=O) groups is 1. The van der Waals surface area contributed by atoms with E-state index in [1.54, 1.807) is 11.3 Å². The molecule has 2 aromatic carbocycles. The molecule has 0 radical (unpaired) electrons. The lowest BCUT2D eigenvalue weighted by Gasteiger charge is -2.09. The second kappa shape index (κ2) is 6.33. The van der Waals surface area contributed by atoms with Crippen LogP contribution in [0, 0.1) is 0 Å². The minimum atomic E-state index is -0.767. The van der Waals surface area contributed by atoms with Crippen molar-refractivity contribution in [3.8, 4) is 11.1 Å². The van der Waals surface area contributed by atoms with Crippen molar-refractivity contribution in [2.75, 3.05) is 5.75 Å². The fourth-order valence-corrected chi connectivity index (χ4v) is 3.83. The molecule has 0 amide bonds. The molecule has 21 heavy (non-hydrogen) atoms. The van der Waals surface area contributed by atoms with E-state index in [0.717, 1.165) is 0 Å². The highest BCUT2D eigenvalue weighted by molar-refractivity contribution is 7.99. The van der Waals surface area contributed by atoms with Crippen LogP contribution in [-0.2, 0) is 10.5 Å². The predicted octanol–water partition coefficient (Wildman–Crippen LogP) is 4.89. The average molecular weight is 314 g/mol. The Hall–Kier alpha value is -1.78. The summed E-state index contributed by atoms with van der Waals surface area (Å²) in [5.74, 6) is 0.0827. The Morgan fingerprint density at radius 3 is 2.86 bits per heavy atom. The van der Waals surface area contributed by atoms with Gasteiger partial charge in [-0.2, -0.15) is 0 Å². The van der Waals surface area contributed by atoms with Gasteiger partial charge in [-0.15, -0.1) is 23.1 Å². The third kappa shape index (κ3) is 3.28. The summed E-state index contributed by atoms with van der Waals surface area (Å²) in [6.07, 6.45) is 0. The molecule has 0 bridgehead atoms. The summed E-state index contributed by atoms with van der Waals surface area (Å²) in [6, 6.07) is 16.8. The highest BCUT2D eigenvalue weighted by Gasteiger charge is 2.07. The van der Waals surface area contributed by atoms with E-state index in [1.165, 1.54) is 38.5 Å². The summed E-state index contributed by atoms with van der Waals surface area (Å²) in [5, 5.41) is 12.1.